The average Bonchev–Trinajstić information content (AvgIpc) is 2.65. The van der Waals surface area contributed by atoms with Crippen molar-refractivity contribution in [2.75, 3.05) is 26.3 Å². The molecule has 0 radical (unpaired) electrons. The number of rotatable bonds is 4. The maximum atomic E-state index is 12.9. The zero-order chi connectivity index (χ0) is 19.6. The van der Waals surface area contributed by atoms with Crippen molar-refractivity contribution < 1.29 is 22.7 Å². The number of nitrogens with zero attached hydrogens (tertiary/aromatic N) is 1. The molecule has 0 spiro atoms. The molecule has 144 valence electrons. The van der Waals surface area contributed by atoms with Crippen molar-refractivity contribution in [2.45, 2.75) is 11.8 Å². The highest BCUT2D eigenvalue weighted by molar-refractivity contribution is 7.89. The first kappa shape index (κ1) is 20.1. The molecule has 0 atom stereocenters. The summed E-state index contributed by atoms with van der Waals surface area (Å²) in [4.78, 5) is 12.6. The van der Waals surface area contributed by atoms with Crippen LogP contribution in [0.5, 0.6) is 5.75 Å². The van der Waals surface area contributed by atoms with E-state index >= 15 is 0 Å². The molecule has 1 saturated heterocycles. The van der Waals surface area contributed by atoms with Crippen LogP contribution in [0.4, 0.5) is 0 Å². The summed E-state index contributed by atoms with van der Waals surface area (Å²) in [5.74, 6) is -0.620. The fourth-order valence-electron chi connectivity index (χ4n) is 2.65. The number of aryl methyl sites for hydroxylation is 1. The second-order valence-electron chi connectivity index (χ2n) is 5.96. The summed E-state index contributed by atoms with van der Waals surface area (Å²) in [7, 11) is -3.74. The Kier molecular flexibility index (Phi) is 6.08. The van der Waals surface area contributed by atoms with Crippen molar-refractivity contribution in [3.8, 4) is 5.75 Å². The summed E-state index contributed by atoms with van der Waals surface area (Å²) in [6, 6.07) is 8.90. The lowest BCUT2D eigenvalue weighted by Crippen LogP contribution is -2.40. The lowest BCUT2D eigenvalue weighted by molar-refractivity contribution is 0.0727. The molecule has 1 fully saturated rings. The number of ether oxygens (including phenoxy) is 2. The van der Waals surface area contributed by atoms with Gasteiger partial charge in [-0.05, 0) is 36.8 Å². The minimum atomic E-state index is -3.74. The Bertz CT molecular complexity index is 972. The number of sulfonamides is 1. The van der Waals surface area contributed by atoms with E-state index < -0.39 is 16.0 Å². The summed E-state index contributed by atoms with van der Waals surface area (Å²) in [5.41, 5.74) is 0.641. The number of hydrogen-bond acceptors (Lipinski definition) is 5. The van der Waals surface area contributed by atoms with Crippen molar-refractivity contribution in [3.63, 3.8) is 0 Å². The summed E-state index contributed by atoms with van der Waals surface area (Å²) in [5, 5.41) is 0.586. The Balaban J connectivity index is 1.90. The molecule has 0 amide bonds. The van der Waals surface area contributed by atoms with Crippen LogP contribution >= 0.6 is 23.2 Å². The van der Waals surface area contributed by atoms with Crippen LogP contribution < -0.4 is 4.74 Å². The lowest BCUT2D eigenvalue weighted by Gasteiger charge is -2.26. The number of carbonyl (C=O) groups excluding carboxylic acids is 1. The fraction of sp³-hybridized carbons (Fsp3) is 0.278. The average molecular weight is 430 g/mol. The smallest absolute Gasteiger partial charge is 0.343 e. The van der Waals surface area contributed by atoms with Gasteiger partial charge < -0.3 is 9.47 Å². The zero-order valence-electron chi connectivity index (χ0n) is 14.4. The Morgan fingerprint density at radius 2 is 1.81 bits per heavy atom. The summed E-state index contributed by atoms with van der Waals surface area (Å²) in [6.45, 7) is 2.90. The van der Waals surface area contributed by atoms with E-state index in [9.17, 15) is 13.2 Å². The molecule has 6 nitrogen and oxygen atoms in total. The molecule has 2 aromatic rings. The van der Waals surface area contributed by atoms with Gasteiger partial charge in [0.2, 0.25) is 10.0 Å². The first-order valence-corrected chi connectivity index (χ1v) is 10.3. The molecule has 0 bridgehead atoms. The first-order chi connectivity index (χ1) is 12.8. The molecule has 1 aliphatic rings. The maximum Gasteiger partial charge on any atom is 0.343 e. The summed E-state index contributed by atoms with van der Waals surface area (Å²) < 4.78 is 37.7. The third-order valence-corrected chi connectivity index (χ3v) is 6.70. The van der Waals surface area contributed by atoms with Gasteiger partial charge in [0.05, 0.1) is 28.7 Å². The Hall–Kier alpha value is -1.64. The normalized spacial score (nSPS) is 15.5. The standard InChI is InChI=1S/C18H17Cl2NO5S/c1-12-2-3-13(18(22)26-16-11-14(19)4-5-15(16)20)10-17(12)27(23,24)21-6-8-25-9-7-21/h2-5,10-11H,6-9H2,1H3. The van der Waals surface area contributed by atoms with Crippen molar-refractivity contribution in [1.29, 1.82) is 0 Å². The molecule has 1 aliphatic heterocycles. The van der Waals surface area contributed by atoms with E-state index in [4.69, 9.17) is 32.7 Å². The van der Waals surface area contributed by atoms with Gasteiger partial charge in [0.1, 0.15) is 0 Å². The molecular formula is C18H17Cl2NO5S. The number of halogens is 2. The largest absolute Gasteiger partial charge is 0.421 e. The molecule has 2 aromatic carbocycles. The number of benzene rings is 2. The van der Waals surface area contributed by atoms with Crippen LogP contribution in [0.1, 0.15) is 15.9 Å². The molecule has 1 heterocycles. The van der Waals surface area contributed by atoms with Gasteiger partial charge in [-0.3, -0.25) is 0 Å². The highest BCUT2D eigenvalue weighted by Crippen LogP contribution is 2.29. The fourth-order valence-corrected chi connectivity index (χ4v) is 4.62. The van der Waals surface area contributed by atoms with Gasteiger partial charge in [-0.25, -0.2) is 13.2 Å². The van der Waals surface area contributed by atoms with Gasteiger partial charge in [-0.1, -0.05) is 29.3 Å². The SMILES string of the molecule is Cc1ccc(C(=O)Oc2cc(Cl)ccc2Cl)cc1S(=O)(=O)N1CCOCC1. The monoisotopic (exact) mass is 429 g/mol. The third kappa shape index (κ3) is 4.44. The first-order valence-electron chi connectivity index (χ1n) is 8.15. The van der Waals surface area contributed by atoms with Gasteiger partial charge in [0.15, 0.2) is 5.75 Å². The second kappa shape index (κ2) is 8.16. The summed E-state index contributed by atoms with van der Waals surface area (Å²) >= 11 is 11.9. The van der Waals surface area contributed by atoms with Crippen LogP contribution in [0.2, 0.25) is 10.0 Å². The number of hydrogen-bond donors (Lipinski definition) is 0. The van der Waals surface area contributed by atoms with Crippen molar-refractivity contribution in [2.24, 2.45) is 0 Å². The minimum Gasteiger partial charge on any atom is -0.421 e. The zero-order valence-corrected chi connectivity index (χ0v) is 16.8. The number of carbonyl (C=O) groups is 1. The lowest BCUT2D eigenvalue weighted by atomic mass is 10.1. The molecule has 27 heavy (non-hydrogen) atoms. The van der Waals surface area contributed by atoms with E-state index in [1.807, 2.05) is 0 Å². The van der Waals surface area contributed by atoms with E-state index in [2.05, 4.69) is 0 Å². The van der Waals surface area contributed by atoms with Gasteiger partial charge >= 0.3 is 5.97 Å². The number of esters is 1. The highest BCUT2D eigenvalue weighted by Gasteiger charge is 2.28. The molecule has 0 N–H and O–H groups in total. The van der Waals surface area contributed by atoms with E-state index in [-0.39, 0.29) is 34.3 Å². The molecular weight excluding hydrogens is 413 g/mol. The van der Waals surface area contributed by atoms with Crippen LogP contribution in [0, 0.1) is 6.92 Å². The Morgan fingerprint density at radius 1 is 1.11 bits per heavy atom. The van der Waals surface area contributed by atoms with Gasteiger partial charge in [0, 0.05) is 24.2 Å². The van der Waals surface area contributed by atoms with E-state index in [0.717, 1.165) is 0 Å². The molecule has 3 rings (SSSR count). The van der Waals surface area contributed by atoms with Crippen molar-refractivity contribution >= 4 is 39.2 Å². The Morgan fingerprint density at radius 3 is 2.52 bits per heavy atom. The minimum absolute atomic E-state index is 0.0658. The topological polar surface area (TPSA) is 72.9 Å². The van der Waals surface area contributed by atoms with Gasteiger partial charge in [0.25, 0.3) is 0 Å². The van der Waals surface area contributed by atoms with Crippen molar-refractivity contribution in [1.82, 2.24) is 4.31 Å². The molecule has 0 unspecified atom stereocenters. The van der Waals surface area contributed by atoms with Gasteiger partial charge in [-0.15, -0.1) is 0 Å². The van der Waals surface area contributed by atoms with Crippen LogP contribution in [0.3, 0.4) is 0 Å². The second-order valence-corrected chi connectivity index (χ2v) is 8.71. The van der Waals surface area contributed by atoms with Crippen LogP contribution in [-0.4, -0.2) is 45.0 Å². The predicted molar refractivity (Wildman–Crippen MR) is 102 cm³/mol. The third-order valence-electron chi connectivity index (χ3n) is 4.11. The van der Waals surface area contributed by atoms with E-state index in [1.165, 1.54) is 28.6 Å². The Labute approximate surface area is 167 Å². The molecule has 0 aromatic heterocycles. The summed E-state index contributed by atoms with van der Waals surface area (Å²) in [6.07, 6.45) is 0. The van der Waals surface area contributed by atoms with Crippen LogP contribution in [0.15, 0.2) is 41.3 Å². The molecule has 9 heteroatoms. The van der Waals surface area contributed by atoms with E-state index in [0.29, 0.717) is 23.8 Å². The predicted octanol–water partition coefficient (Wildman–Crippen LogP) is 3.54. The van der Waals surface area contributed by atoms with Gasteiger partial charge in [-0.2, -0.15) is 4.31 Å². The van der Waals surface area contributed by atoms with Crippen LogP contribution in [0.25, 0.3) is 0 Å². The molecule has 0 aliphatic carbocycles. The van der Waals surface area contributed by atoms with Crippen LogP contribution in [-0.2, 0) is 14.8 Å². The quantitative estimate of drug-likeness (QED) is 0.548. The van der Waals surface area contributed by atoms with Crippen molar-refractivity contribution in [3.05, 3.63) is 57.6 Å². The maximum absolute atomic E-state index is 12.9. The highest BCUT2D eigenvalue weighted by atomic mass is 35.5. The molecule has 0 saturated carbocycles. The number of morpholine rings is 1. The van der Waals surface area contributed by atoms with E-state index in [1.54, 1.807) is 19.1 Å².